The molecule has 68 heavy (non-hydrogen) atoms. The van der Waals surface area contributed by atoms with Gasteiger partial charge < -0.3 is 20.1 Å². The smallest absolute Gasteiger partial charge is 0.222 e. The number of carbonyl (C=O) groups excluding carboxylic acids is 2. The van der Waals surface area contributed by atoms with Crippen LogP contribution in [-0.4, -0.2) is 92.2 Å². The van der Waals surface area contributed by atoms with Crippen LogP contribution in [-0.2, 0) is 9.59 Å². The molecule has 2 atom stereocenters. The van der Waals surface area contributed by atoms with E-state index in [2.05, 4.69) is 55.3 Å². The van der Waals surface area contributed by atoms with Crippen molar-refractivity contribution in [2.45, 2.75) is 95.5 Å². The Balaban J connectivity index is 0.770. The van der Waals surface area contributed by atoms with Crippen molar-refractivity contribution in [2.24, 2.45) is 9.98 Å². The molecular formula is C52H59ClN10O4S. The van der Waals surface area contributed by atoms with E-state index in [1.807, 2.05) is 102 Å². The van der Waals surface area contributed by atoms with Crippen molar-refractivity contribution in [3.05, 3.63) is 136 Å². The molecule has 0 fully saturated rings. The Morgan fingerprint density at radius 2 is 1.19 bits per heavy atom. The molecule has 0 saturated heterocycles. The predicted molar refractivity (Wildman–Crippen MR) is 269 cm³/mol. The highest BCUT2D eigenvalue weighted by Gasteiger charge is 2.32. The molecule has 16 heteroatoms. The van der Waals surface area contributed by atoms with Crippen molar-refractivity contribution < 1.29 is 19.1 Å². The number of amides is 1. The Kier molecular flexibility index (Phi) is 16.2. The summed E-state index contributed by atoms with van der Waals surface area (Å²) in [4.78, 5) is 37.9. The number of aromatic nitrogens is 6. The highest BCUT2D eigenvalue weighted by molar-refractivity contribution is 7.99. The van der Waals surface area contributed by atoms with Crippen molar-refractivity contribution in [3.63, 3.8) is 0 Å². The SMILES string of the molecule is CCNC(=O)C[C@@H]1N=C(c2ccc(SCCCCCCCNCCCC(=O)C[C@@H]3N=C(c4ccc(Cl)cc4)c4cc(OC)ccc4-n4c(C)nnc43)cc2)c2cc(OC)ccc2-n2c(C)nnc21. The molecule has 0 saturated carbocycles. The summed E-state index contributed by atoms with van der Waals surface area (Å²) in [6.45, 7) is 8.02. The molecule has 0 bridgehead atoms. The Labute approximate surface area is 407 Å². The van der Waals surface area contributed by atoms with E-state index in [0.29, 0.717) is 35.4 Å². The van der Waals surface area contributed by atoms with Gasteiger partial charge in [0.05, 0.1) is 43.4 Å². The molecule has 0 unspecified atom stereocenters. The van der Waals surface area contributed by atoms with Gasteiger partial charge in [0.15, 0.2) is 11.6 Å². The molecule has 0 aliphatic carbocycles. The number of hydrogen-bond acceptors (Lipinski definition) is 12. The largest absolute Gasteiger partial charge is 0.497 e. The zero-order chi connectivity index (χ0) is 47.6. The van der Waals surface area contributed by atoms with E-state index in [-0.39, 0.29) is 24.5 Å². The molecule has 354 valence electrons. The zero-order valence-electron chi connectivity index (χ0n) is 39.4. The highest BCUT2D eigenvalue weighted by Crippen LogP contribution is 2.37. The number of hydrogen-bond donors (Lipinski definition) is 2. The first-order valence-corrected chi connectivity index (χ1v) is 24.9. The molecule has 0 radical (unpaired) electrons. The fraction of sp³-hybridized carbons (Fsp3) is 0.385. The van der Waals surface area contributed by atoms with Gasteiger partial charge in [-0.3, -0.25) is 28.7 Å². The lowest BCUT2D eigenvalue weighted by Gasteiger charge is -2.14. The monoisotopic (exact) mass is 954 g/mol. The summed E-state index contributed by atoms with van der Waals surface area (Å²) in [5.74, 6) is 5.29. The summed E-state index contributed by atoms with van der Waals surface area (Å²) >= 11 is 8.12. The van der Waals surface area contributed by atoms with E-state index in [4.69, 9.17) is 31.1 Å². The number of aryl methyl sites for hydroxylation is 2. The van der Waals surface area contributed by atoms with E-state index in [9.17, 15) is 9.59 Å². The third-order valence-corrected chi connectivity index (χ3v) is 13.6. The summed E-state index contributed by atoms with van der Waals surface area (Å²) in [5, 5.41) is 24.9. The van der Waals surface area contributed by atoms with Gasteiger partial charge in [0.25, 0.3) is 0 Å². The number of carbonyl (C=O) groups is 2. The number of ether oxygens (including phenoxy) is 2. The Morgan fingerprint density at radius 3 is 1.76 bits per heavy atom. The van der Waals surface area contributed by atoms with Crippen LogP contribution in [0.25, 0.3) is 11.4 Å². The average molecular weight is 956 g/mol. The molecule has 2 N–H and O–H groups in total. The van der Waals surface area contributed by atoms with Crippen LogP contribution in [0.5, 0.6) is 11.5 Å². The number of aliphatic imine (C=N–C) groups is 2. The average Bonchev–Trinajstić information content (AvgIpc) is 3.85. The molecular weight excluding hydrogens is 896 g/mol. The standard InChI is InChI=1S/C52H59ClN10O4S/c1-6-55-48(65)32-45-52-61-59-34(3)63(52)47-25-21-40(67-5)31-43(47)50(57-45)36-16-22-41(23-17-36)68-28-11-9-7-8-10-26-54-27-12-13-38(64)29-44-51-60-58-33(2)62(51)46-24-20-39(66-4)30-42(46)49(56-44)35-14-18-37(53)19-15-35/h14-25,30-31,44-45,54H,6-13,26-29,32H2,1-5H3,(H,55,65)/t44-,45-/m0/s1. The van der Waals surface area contributed by atoms with Gasteiger partial charge in [-0.25, -0.2) is 0 Å². The Morgan fingerprint density at radius 1 is 0.662 bits per heavy atom. The van der Waals surface area contributed by atoms with Crippen LogP contribution in [0.1, 0.15) is 122 Å². The minimum atomic E-state index is -0.506. The molecule has 6 aromatic rings. The number of methoxy groups -OCH3 is 2. The van der Waals surface area contributed by atoms with Crippen LogP contribution < -0.4 is 20.1 Å². The first-order chi connectivity index (χ1) is 33.1. The maximum Gasteiger partial charge on any atom is 0.222 e. The summed E-state index contributed by atoms with van der Waals surface area (Å²) in [6, 6.07) is 27.0. The maximum absolute atomic E-state index is 13.5. The van der Waals surface area contributed by atoms with Gasteiger partial charge in [0.2, 0.25) is 5.91 Å². The molecule has 0 spiro atoms. The van der Waals surface area contributed by atoms with Crippen LogP contribution in [0.4, 0.5) is 0 Å². The van der Waals surface area contributed by atoms with E-state index >= 15 is 0 Å². The van der Waals surface area contributed by atoms with Crippen LogP contribution in [0.3, 0.4) is 0 Å². The molecule has 1 amide bonds. The number of Topliss-reactive ketones (excluding diaryl/α,β-unsaturated/α-hetero) is 1. The molecule has 8 rings (SSSR count). The summed E-state index contributed by atoms with van der Waals surface area (Å²) in [6.07, 6.45) is 7.41. The number of thioether (sulfide) groups is 1. The first-order valence-electron chi connectivity index (χ1n) is 23.5. The van der Waals surface area contributed by atoms with Crippen molar-refractivity contribution in [1.82, 2.24) is 40.2 Å². The topological polar surface area (TPSA) is 163 Å². The van der Waals surface area contributed by atoms with E-state index in [1.165, 1.54) is 24.2 Å². The van der Waals surface area contributed by atoms with Crippen molar-refractivity contribution in [3.8, 4) is 22.9 Å². The van der Waals surface area contributed by atoms with Crippen molar-refractivity contribution in [2.75, 3.05) is 39.6 Å². The number of fused-ring (bicyclic) bond motifs is 6. The molecule has 4 aromatic carbocycles. The lowest BCUT2D eigenvalue weighted by atomic mass is 9.99. The molecule has 2 aliphatic heterocycles. The van der Waals surface area contributed by atoms with Crippen LogP contribution in [0.15, 0.2) is 99.8 Å². The fourth-order valence-corrected chi connectivity index (χ4v) is 9.86. The number of ketones is 1. The Bertz CT molecular complexity index is 2790. The second kappa shape index (κ2) is 22.8. The highest BCUT2D eigenvalue weighted by atomic mass is 35.5. The number of nitrogens with one attached hydrogen (secondary N) is 2. The fourth-order valence-electron chi connectivity index (χ4n) is 8.83. The second-order valence-electron chi connectivity index (χ2n) is 17.0. The second-order valence-corrected chi connectivity index (χ2v) is 18.6. The number of halogens is 1. The van der Waals surface area contributed by atoms with Crippen LogP contribution in [0.2, 0.25) is 5.02 Å². The zero-order valence-corrected chi connectivity index (χ0v) is 41.0. The third-order valence-electron chi connectivity index (χ3n) is 12.3. The third kappa shape index (κ3) is 11.2. The Hall–Kier alpha value is -6.16. The molecule has 4 heterocycles. The van der Waals surface area contributed by atoms with Gasteiger partial charge >= 0.3 is 0 Å². The number of unbranched alkanes of at least 4 members (excludes halogenated alkanes) is 4. The number of rotatable bonds is 22. The van der Waals surface area contributed by atoms with Gasteiger partial charge in [-0.15, -0.1) is 32.2 Å². The lowest BCUT2D eigenvalue weighted by molar-refractivity contribution is -0.121. The van der Waals surface area contributed by atoms with Crippen LogP contribution in [0, 0.1) is 13.8 Å². The van der Waals surface area contributed by atoms with Crippen LogP contribution >= 0.6 is 23.4 Å². The van der Waals surface area contributed by atoms with Gasteiger partial charge in [-0.1, -0.05) is 55.1 Å². The maximum atomic E-state index is 13.5. The van der Waals surface area contributed by atoms with Gasteiger partial charge in [-0.05, 0) is 120 Å². The van der Waals surface area contributed by atoms with Gasteiger partial charge in [-0.2, -0.15) is 0 Å². The normalized spacial score (nSPS) is 14.9. The summed E-state index contributed by atoms with van der Waals surface area (Å²) in [5.41, 5.74) is 6.98. The molecule has 14 nitrogen and oxygen atoms in total. The minimum Gasteiger partial charge on any atom is -0.497 e. The molecule has 2 aliphatic rings. The first kappa shape index (κ1) is 48.3. The van der Waals surface area contributed by atoms with Crippen molar-refractivity contribution in [1.29, 1.82) is 0 Å². The minimum absolute atomic E-state index is 0.0818. The van der Waals surface area contributed by atoms with E-state index in [0.717, 1.165) is 101 Å². The van der Waals surface area contributed by atoms with E-state index < -0.39 is 12.1 Å². The summed E-state index contributed by atoms with van der Waals surface area (Å²) < 4.78 is 15.2. The number of benzene rings is 4. The van der Waals surface area contributed by atoms with E-state index in [1.54, 1.807) is 14.2 Å². The summed E-state index contributed by atoms with van der Waals surface area (Å²) in [7, 11) is 3.30. The van der Waals surface area contributed by atoms with Gasteiger partial charge in [0, 0.05) is 51.6 Å². The molecule has 2 aromatic heterocycles. The van der Waals surface area contributed by atoms with Crippen molar-refractivity contribution >= 4 is 46.5 Å². The lowest BCUT2D eigenvalue weighted by Crippen LogP contribution is -2.25. The van der Waals surface area contributed by atoms with Gasteiger partial charge in [0.1, 0.15) is 41.0 Å². The quantitative estimate of drug-likeness (QED) is 0.0495. The predicted octanol–water partition coefficient (Wildman–Crippen LogP) is 9.52. The number of nitrogens with zero attached hydrogens (tertiary/aromatic N) is 8.